The summed E-state index contributed by atoms with van der Waals surface area (Å²) in [5.41, 5.74) is 5.56. The highest BCUT2D eigenvalue weighted by Crippen LogP contribution is 2.31. The zero-order valence-electron chi connectivity index (χ0n) is 5.50. The molecule has 10 heavy (non-hydrogen) atoms. The predicted molar refractivity (Wildman–Crippen MR) is 48.8 cm³/mol. The lowest BCUT2D eigenvalue weighted by atomic mass is 10.7. The summed E-state index contributed by atoms with van der Waals surface area (Å²) in [6, 6.07) is 3.87. The summed E-state index contributed by atoms with van der Waals surface area (Å²) >= 11 is 8.90. The molecule has 0 radical (unpaired) electrons. The van der Waals surface area contributed by atoms with E-state index in [1.165, 1.54) is 4.21 Å². The van der Waals surface area contributed by atoms with Crippen LogP contribution in [-0.2, 0) is 0 Å². The average molecular weight is 194 g/mol. The van der Waals surface area contributed by atoms with Gasteiger partial charge in [-0.1, -0.05) is 23.4 Å². The van der Waals surface area contributed by atoms with Crippen molar-refractivity contribution in [3.05, 3.63) is 16.5 Å². The van der Waals surface area contributed by atoms with E-state index in [4.69, 9.17) is 17.3 Å². The summed E-state index contributed by atoms with van der Waals surface area (Å²) < 4.78 is 2.00. The van der Waals surface area contributed by atoms with E-state index in [9.17, 15) is 0 Å². The third-order valence-electron chi connectivity index (χ3n) is 0.851. The number of hydrogen-bond acceptors (Lipinski definition) is 3. The smallest absolute Gasteiger partial charge is 0.0940 e. The molecule has 1 heterocycles. The van der Waals surface area contributed by atoms with E-state index in [1.54, 1.807) is 23.1 Å². The molecular weight excluding hydrogens is 186 g/mol. The largest absolute Gasteiger partial charge is 0.319 e. The molecule has 1 aromatic rings. The molecule has 0 aliphatic rings. The summed E-state index contributed by atoms with van der Waals surface area (Å²) in [5.74, 6) is 0. The van der Waals surface area contributed by atoms with Crippen molar-refractivity contribution in [2.24, 2.45) is 5.73 Å². The second kappa shape index (κ2) is 3.62. The third kappa shape index (κ3) is 2.50. The number of rotatable bonds is 2. The summed E-state index contributed by atoms with van der Waals surface area (Å²) in [6.45, 7) is 1.96. The maximum Gasteiger partial charge on any atom is 0.0940 e. The van der Waals surface area contributed by atoms with Crippen LogP contribution in [0.2, 0.25) is 4.34 Å². The molecule has 4 heteroatoms. The van der Waals surface area contributed by atoms with E-state index in [-0.39, 0.29) is 5.37 Å². The van der Waals surface area contributed by atoms with Crippen LogP contribution in [0.3, 0.4) is 0 Å². The van der Waals surface area contributed by atoms with Crippen molar-refractivity contribution in [3.8, 4) is 0 Å². The molecule has 0 aliphatic carbocycles. The minimum atomic E-state index is 0.148. The first-order valence-corrected chi connectivity index (χ1v) is 4.93. The number of hydrogen-bond donors (Lipinski definition) is 1. The molecule has 1 atom stereocenters. The second-order valence-corrected chi connectivity index (χ2v) is 5.27. The zero-order chi connectivity index (χ0) is 7.56. The Morgan fingerprint density at radius 2 is 2.40 bits per heavy atom. The van der Waals surface area contributed by atoms with Gasteiger partial charge in [0, 0.05) is 0 Å². The normalized spacial score (nSPS) is 13.5. The lowest BCUT2D eigenvalue weighted by Crippen LogP contribution is -2.07. The molecule has 0 aromatic carbocycles. The van der Waals surface area contributed by atoms with E-state index < -0.39 is 0 Å². The van der Waals surface area contributed by atoms with Crippen LogP contribution in [0.25, 0.3) is 0 Å². The fourth-order valence-electron chi connectivity index (χ4n) is 0.544. The molecule has 56 valence electrons. The maximum absolute atomic E-state index is 5.71. The molecule has 0 spiro atoms. The number of halogens is 1. The van der Waals surface area contributed by atoms with Crippen molar-refractivity contribution in [3.63, 3.8) is 0 Å². The van der Waals surface area contributed by atoms with Crippen LogP contribution in [0.15, 0.2) is 16.3 Å². The number of thioether (sulfide) groups is 1. The topological polar surface area (TPSA) is 26.0 Å². The van der Waals surface area contributed by atoms with Gasteiger partial charge in [0.25, 0.3) is 0 Å². The minimum absolute atomic E-state index is 0.148. The molecular formula is C6H8ClNS2. The van der Waals surface area contributed by atoms with E-state index >= 15 is 0 Å². The van der Waals surface area contributed by atoms with Gasteiger partial charge in [0.15, 0.2) is 0 Å². The fraction of sp³-hybridized carbons (Fsp3) is 0.333. The summed E-state index contributed by atoms with van der Waals surface area (Å²) in [6.07, 6.45) is 0. The van der Waals surface area contributed by atoms with Gasteiger partial charge in [0.1, 0.15) is 0 Å². The lowest BCUT2D eigenvalue weighted by Gasteiger charge is -1.99. The van der Waals surface area contributed by atoms with E-state index in [2.05, 4.69) is 0 Å². The molecule has 0 fully saturated rings. The van der Waals surface area contributed by atoms with Crippen LogP contribution in [-0.4, -0.2) is 5.37 Å². The monoisotopic (exact) mass is 193 g/mol. The minimum Gasteiger partial charge on any atom is -0.319 e. The highest BCUT2D eigenvalue weighted by atomic mass is 35.5. The molecule has 0 amide bonds. The van der Waals surface area contributed by atoms with E-state index in [0.29, 0.717) is 0 Å². The summed E-state index contributed by atoms with van der Waals surface area (Å²) in [7, 11) is 0. The SMILES string of the molecule is CC(N)Sc1ccc(Cl)s1. The van der Waals surface area contributed by atoms with Crippen molar-refractivity contribution in [1.29, 1.82) is 0 Å². The quantitative estimate of drug-likeness (QED) is 0.578. The fourth-order valence-corrected chi connectivity index (χ4v) is 2.89. The molecule has 0 saturated heterocycles. The Balaban J connectivity index is 2.58. The zero-order valence-corrected chi connectivity index (χ0v) is 7.89. The van der Waals surface area contributed by atoms with Gasteiger partial charge in [0.05, 0.1) is 13.9 Å². The Morgan fingerprint density at radius 1 is 1.70 bits per heavy atom. The van der Waals surface area contributed by atoms with Crippen LogP contribution in [0.4, 0.5) is 0 Å². The Labute approximate surface area is 73.6 Å². The molecule has 1 rings (SSSR count). The predicted octanol–water partition coefficient (Wildman–Crippen LogP) is 2.80. The van der Waals surface area contributed by atoms with Gasteiger partial charge in [-0.3, -0.25) is 0 Å². The van der Waals surface area contributed by atoms with Gasteiger partial charge in [0.2, 0.25) is 0 Å². The molecule has 1 nitrogen and oxygen atoms in total. The van der Waals surface area contributed by atoms with Crippen LogP contribution in [0.1, 0.15) is 6.92 Å². The number of nitrogens with two attached hydrogens (primary N) is 1. The van der Waals surface area contributed by atoms with Crippen LogP contribution < -0.4 is 5.73 Å². The first-order valence-electron chi connectivity index (χ1n) is 2.86. The van der Waals surface area contributed by atoms with Crippen LogP contribution >= 0.6 is 34.7 Å². The van der Waals surface area contributed by atoms with Crippen molar-refractivity contribution in [1.82, 2.24) is 0 Å². The third-order valence-corrected chi connectivity index (χ3v) is 3.16. The van der Waals surface area contributed by atoms with Crippen molar-refractivity contribution in [2.75, 3.05) is 0 Å². The van der Waals surface area contributed by atoms with Crippen molar-refractivity contribution >= 4 is 34.7 Å². The van der Waals surface area contributed by atoms with Gasteiger partial charge in [-0.2, -0.15) is 0 Å². The van der Waals surface area contributed by atoms with Crippen LogP contribution in [0.5, 0.6) is 0 Å². The molecule has 0 bridgehead atoms. The Morgan fingerprint density at radius 3 is 2.80 bits per heavy atom. The first-order chi connectivity index (χ1) is 4.68. The summed E-state index contributed by atoms with van der Waals surface area (Å²) in [5, 5.41) is 0.148. The second-order valence-electron chi connectivity index (χ2n) is 1.88. The van der Waals surface area contributed by atoms with Crippen molar-refractivity contribution < 1.29 is 0 Å². The lowest BCUT2D eigenvalue weighted by molar-refractivity contribution is 1.05. The highest BCUT2D eigenvalue weighted by Gasteiger charge is 2.00. The Kier molecular flexibility index (Phi) is 3.04. The van der Waals surface area contributed by atoms with Gasteiger partial charge >= 0.3 is 0 Å². The van der Waals surface area contributed by atoms with Gasteiger partial charge < -0.3 is 5.73 Å². The molecule has 2 N–H and O–H groups in total. The highest BCUT2D eigenvalue weighted by molar-refractivity contribution is 8.01. The standard InChI is InChI=1S/C6H8ClNS2/c1-4(8)9-6-3-2-5(7)10-6/h2-4H,8H2,1H3. The molecule has 0 aliphatic heterocycles. The number of thiophene rings is 1. The van der Waals surface area contributed by atoms with Crippen molar-refractivity contribution in [2.45, 2.75) is 16.5 Å². The first kappa shape index (κ1) is 8.40. The summed E-state index contributed by atoms with van der Waals surface area (Å²) in [4.78, 5) is 0. The van der Waals surface area contributed by atoms with E-state index in [1.807, 2.05) is 19.1 Å². The van der Waals surface area contributed by atoms with E-state index in [0.717, 1.165) is 4.34 Å². The molecule has 0 saturated carbocycles. The Hall–Kier alpha value is 0.300. The molecule has 1 unspecified atom stereocenters. The molecule has 1 aromatic heterocycles. The maximum atomic E-state index is 5.71. The van der Waals surface area contributed by atoms with Gasteiger partial charge in [-0.05, 0) is 19.1 Å². The average Bonchev–Trinajstić information content (AvgIpc) is 2.13. The van der Waals surface area contributed by atoms with Crippen LogP contribution in [0, 0.1) is 0 Å². The Bertz CT molecular complexity index is 209. The van der Waals surface area contributed by atoms with Gasteiger partial charge in [-0.15, -0.1) is 11.3 Å². The van der Waals surface area contributed by atoms with Gasteiger partial charge in [-0.25, -0.2) is 0 Å².